The van der Waals surface area contributed by atoms with Gasteiger partial charge in [0.15, 0.2) is 0 Å². The molecule has 2 rings (SSSR count). The summed E-state index contributed by atoms with van der Waals surface area (Å²) in [6.07, 6.45) is 0. The zero-order valence-corrected chi connectivity index (χ0v) is 7.74. The highest BCUT2D eigenvalue weighted by Gasteiger charge is 2.20. The number of benzene rings is 1. The first-order valence-corrected chi connectivity index (χ1v) is 4.28. The molecule has 1 aliphatic heterocycles. The van der Waals surface area contributed by atoms with E-state index in [9.17, 15) is 9.59 Å². The molecule has 0 radical (unpaired) electrons. The maximum atomic E-state index is 11.2. The lowest BCUT2D eigenvalue weighted by atomic mass is 10.1. The molecule has 2 N–H and O–H groups in total. The van der Waals surface area contributed by atoms with Crippen LogP contribution in [0.2, 0.25) is 0 Å². The van der Waals surface area contributed by atoms with Gasteiger partial charge >= 0.3 is 5.97 Å². The highest BCUT2D eigenvalue weighted by molar-refractivity contribution is 5.94. The van der Waals surface area contributed by atoms with Crippen molar-refractivity contribution in [3.8, 4) is 11.8 Å². The van der Waals surface area contributed by atoms with Crippen molar-refractivity contribution in [3.05, 3.63) is 34.9 Å². The highest BCUT2D eigenvalue weighted by atomic mass is 16.5. The molecule has 0 saturated carbocycles. The van der Waals surface area contributed by atoms with Gasteiger partial charge in [-0.2, -0.15) is 0 Å². The number of rotatable bonds is 0. The summed E-state index contributed by atoms with van der Waals surface area (Å²) in [5, 5.41) is 0. The van der Waals surface area contributed by atoms with Gasteiger partial charge in [0.2, 0.25) is 0 Å². The molecule has 0 spiro atoms. The molecule has 4 nitrogen and oxygen atoms in total. The Labute approximate surface area is 86.0 Å². The number of hydrogen-bond donors (Lipinski definition) is 1. The monoisotopic (exact) mass is 201 g/mol. The van der Waals surface area contributed by atoms with Crippen molar-refractivity contribution in [2.75, 3.05) is 0 Å². The number of fused-ring (bicyclic) bond motifs is 1. The minimum absolute atomic E-state index is 0.303. The molecular weight excluding hydrogens is 194 g/mol. The first-order chi connectivity index (χ1) is 7.16. The van der Waals surface area contributed by atoms with E-state index in [2.05, 4.69) is 11.8 Å². The molecule has 4 heteroatoms. The lowest BCUT2D eigenvalue weighted by molar-refractivity contribution is -0.112. The highest BCUT2D eigenvalue weighted by Crippen LogP contribution is 2.20. The Morgan fingerprint density at radius 2 is 2.27 bits per heavy atom. The number of cyclic esters (lactones) is 1. The number of hydrogen-bond acceptors (Lipinski definition) is 3. The Hall–Kier alpha value is -2.28. The fourth-order valence-corrected chi connectivity index (χ4v) is 1.32. The van der Waals surface area contributed by atoms with E-state index in [-0.39, 0.29) is 5.97 Å². The molecule has 0 saturated heterocycles. The zero-order valence-electron chi connectivity index (χ0n) is 7.74. The van der Waals surface area contributed by atoms with Crippen LogP contribution in [0.4, 0.5) is 0 Å². The van der Waals surface area contributed by atoms with Crippen LogP contribution in [0, 0.1) is 11.8 Å². The lowest BCUT2D eigenvalue weighted by Crippen LogP contribution is -2.06. The van der Waals surface area contributed by atoms with Gasteiger partial charge in [-0.25, -0.2) is 4.79 Å². The first-order valence-electron chi connectivity index (χ1n) is 4.28. The topological polar surface area (TPSA) is 69.4 Å². The zero-order chi connectivity index (χ0) is 10.8. The molecular formula is C11H7NO3. The second-order valence-corrected chi connectivity index (χ2v) is 3.06. The molecule has 0 unspecified atom stereocenters. The third-order valence-electron chi connectivity index (χ3n) is 2.02. The van der Waals surface area contributed by atoms with Crippen molar-refractivity contribution in [1.29, 1.82) is 0 Å². The molecule has 1 aromatic rings. The third-order valence-corrected chi connectivity index (χ3v) is 2.02. The Balaban J connectivity index is 2.39. The maximum absolute atomic E-state index is 11.2. The molecule has 1 heterocycles. The van der Waals surface area contributed by atoms with Crippen molar-refractivity contribution < 1.29 is 14.3 Å². The predicted molar refractivity (Wildman–Crippen MR) is 51.6 cm³/mol. The fraction of sp³-hybridized carbons (Fsp3) is 0.0909. The number of carbonyl (C=O) groups is 2. The fourth-order valence-electron chi connectivity index (χ4n) is 1.32. The second-order valence-electron chi connectivity index (χ2n) is 3.06. The summed E-state index contributed by atoms with van der Waals surface area (Å²) in [6, 6.07) is 5.07. The molecule has 1 aromatic carbocycles. The van der Waals surface area contributed by atoms with Gasteiger partial charge in [0.1, 0.15) is 6.61 Å². The summed E-state index contributed by atoms with van der Waals surface area (Å²) in [4.78, 5) is 21.6. The number of esters is 1. The van der Waals surface area contributed by atoms with E-state index in [1.54, 1.807) is 18.2 Å². The number of primary amides is 1. The van der Waals surface area contributed by atoms with Crippen LogP contribution < -0.4 is 5.73 Å². The predicted octanol–water partition coefficient (Wildman–Crippen LogP) is 0.194. The van der Waals surface area contributed by atoms with Gasteiger partial charge in [0, 0.05) is 11.1 Å². The molecule has 0 bridgehead atoms. The Morgan fingerprint density at radius 1 is 1.47 bits per heavy atom. The summed E-state index contributed by atoms with van der Waals surface area (Å²) < 4.78 is 4.83. The van der Waals surface area contributed by atoms with Gasteiger partial charge in [-0.15, -0.1) is 0 Å². The van der Waals surface area contributed by atoms with Gasteiger partial charge in [0.25, 0.3) is 5.91 Å². The standard InChI is InChI=1S/C11H7NO3/c12-10(13)4-2-7-1-3-8-6-15-11(14)9(8)5-7/h1,3,5H,6H2,(H2,12,13). The third kappa shape index (κ3) is 1.81. The number of nitrogens with two attached hydrogens (primary N) is 1. The van der Waals surface area contributed by atoms with Gasteiger partial charge in [-0.1, -0.05) is 12.0 Å². The molecule has 0 atom stereocenters. The Bertz CT molecular complexity index is 508. The van der Waals surface area contributed by atoms with Crippen molar-refractivity contribution in [3.63, 3.8) is 0 Å². The molecule has 1 aliphatic rings. The van der Waals surface area contributed by atoms with Crippen LogP contribution in [0.3, 0.4) is 0 Å². The summed E-state index contributed by atoms with van der Waals surface area (Å²) >= 11 is 0. The average Bonchev–Trinajstić information content (AvgIpc) is 2.57. The van der Waals surface area contributed by atoms with Crippen molar-refractivity contribution in [1.82, 2.24) is 0 Å². The minimum atomic E-state index is -0.696. The first kappa shape index (κ1) is 9.28. The smallest absolute Gasteiger partial charge is 0.338 e. The summed E-state index contributed by atoms with van der Waals surface area (Å²) in [5.41, 5.74) is 6.80. The molecule has 74 valence electrons. The van der Waals surface area contributed by atoms with Gasteiger partial charge in [-0.05, 0) is 18.1 Å². The lowest BCUT2D eigenvalue weighted by Gasteiger charge is -1.93. The van der Waals surface area contributed by atoms with Gasteiger partial charge in [0.05, 0.1) is 5.56 Å². The molecule has 1 amide bonds. The van der Waals surface area contributed by atoms with E-state index in [0.717, 1.165) is 5.56 Å². The molecule has 0 aromatic heterocycles. The van der Waals surface area contributed by atoms with E-state index >= 15 is 0 Å². The average molecular weight is 201 g/mol. The van der Waals surface area contributed by atoms with Crippen molar-refractivity contribution in [2.24, 2.45) is 5.73 Å². The Kier molecular flexibility index (Phi) is 2.14. The normalized spacial score (nSPS) is 12.4. The maximum Gasteiger partial charge on any atom is 0.338 e. The minimum Gasteiger partial charge on any atom is -0.457 e. The number of amides is 1. The Morgan fingerprint density at radius 3 is 3.00 bits per heavy atom. The van der Waals surface area contributed by atoms with Gasteiger partial charge < -0.3 is 10.5 Å². The molecule has 0 aliphatic carbocycles. The van der Waals surface area contributed by atoms with Crippen molar-refractivity contribution in [2.45, 2.75) is 6.61 Å². The van der Waals surface area contributed by atoms with Crippen LogP contribution in [0.25, 0.3) is 0 Å². The van der Waals surface area contributed by atoms with Crippen LogP contribution >= 0.6 is 0 Å². The molecule has 15 heavy (non-hydrogen) atoms. The van der Waals surface area contributed by atoms with Crippen molar-refractivity contribution >= 4 is 11.9 Å². The van der Waals surface area contributed by atoms with E-state index in [0.29, 0.717) is 17.7 Å². The quantitative estimate of drug-likeness (QED) is 0.481. The van der Waals surface area contributed by atoms with E-state index < -0.39 is 5.91 Å². The number of carbonyl (C=O) groups excluding carboxylic acids is 2. The SMILES string of the molecule is NC(=O)C#Cc1ccc2c(c1)C(=O)OC2. The summed E-state index contributed by atoms with van der Waals surface area (Å²) in [7, 11) is 0. The summed E-state index contributed by atoms with van der Waals surface area (Å²) in [6.45, 7) is 0.303. The summed E-state index contributed by atoms with van der Waals surface area (Å²) in [5.74, 6) is 3.72. The number of ether oxygens (including phenoxy) is 1. The van der Waals surface area contributed by atoms with E-state index in [1.807, 2.05) is 0 Å². The van der Waals surface area contributed by atoms with Crippen LogP contribution in [0.5, 0.6) is 0 Å². The molecule has 0 fully saturated rings. The van der Waals surface area contributed by atoms with Crippen LogP contribution in [0.15, 0.2) is 18.2 Å². The van der Waals surface area contributed by atoms with E-state index in [4.69, 9.17) is 10.5 Å². The van der Waals surface area contributed by atoms with Crippen LogP contribution in [-0.4, -0.2) is 11.9 Å². The second kappa shape index (κ2) is 3.46. The van der Waals surface area contributed by atoms with Crippen LogP contribution in [0.1, 0.15) is 21.5 Å². The largest absolute Gasteiger partial charge is 0.457 e. The van der Waals surface area contributed by atoms with Gasteiger partial charge in [-0.3, -0.25) is 4.79 Å². The van der Waals surface area contributed by atoms with Crippen LogP contribution in [-0.2, 0) is 16.1 Å². The van der Waals surface area contributed by atoms with E-state index in [1.165, 1.54) is 0 Å².